The van der Waals surface area contributed by atoms with Gasteiger partial charge in [0, 0.05) is 0 Å². The summed E-state index contributed by atoms with van der Waals surface area (Å²) in [4.78, 5) is 16.3. The highest BCUT2D eigenvalue weighted by molar-refractivity contribution is 7.94. The van der Waals surface area contributed by atoms with E-state index in [4.69, 9.17) is 9.59 Å². The molecule has 1 aliphatic rings. The Balaban J connectivity index is 2.31. The van der Waals surface area contributed by atoms with Gasteiger partial charge in [0.2, 0.25) is 0 Å². The lowest BCUT2D eigenvalue weighted by molar-refractivity contribution is 0.114. The Morgan fingerprint density at radius 3 is 1.67 bits per heavy atom. The summed E-state index contributed by atoms with van der Waals surface area (Å²) in [5.74, 6) is 0. The molecular formula is H2O4SSi. The van der Waals surface area contributed by atoms with E-state index in [1.165, 1.54) is 0 Å². The monoisotopic (exact) mass is 126 g/mol. The second-order valence-electron chi connectivity index (χ2n) is 0.783. The predicted molar refractivity (Wildman–Crippen MR) is 20.0 cm³/mol. The molecule has 0 atom stereocenters. The maximum absolute atomic E-state index is 8.14. The van der Waals surface area contributed by atoms with Gasteiger partial charge in [-0.05, 0) is 0 Å². The van der Waals surface area contributed by atoms with Crippen LogP contribution in [0.15, 0.2) is 0 Å². The standard InChI is InChI=1S/H2O4SSi/c1-6(2)3-5-4-6/h1-2H. The van der Waals surface area contributed by atoms with E-state index in [0.717, 1.165) is 0 Å². The van der Waals surface area contributed by atoms with Crippen molar-refractivity contribution in [3.8, 4) is 0 Å². The van der Waals surface area contributed by atoms with Crippen molar-refractivity contribution in [3.05, 3.63) is 0 Å². The summed E-state index contributed by atoms with van der Waals surface area (Å²) < 4.78 is 8.12. The van der Waals surface area contributed by atoms with Crippen LogP contribution in [-0.4, -0.2) is 18.6 Å². The Morgan fingerprint density at radius 1 is 1.33 bits per heavy atom. The highest BCUT2D eigenvalue weighted by Crippen LogP contribution is 2.26. The van der Waals surface area contributed by atoms with Crippen LogP contribution in [-0.2, 0) is 7.74 Å². The molecule has 0 unspecified atom stereocenters. The summed E-state index contributed by atoms with van der Waals surface area (Å²) in [6.07, 6.45) is 0. The molecular weight excluding hydrogens is 124 g/mol. The van der Waals surface area contributed by atoms with Gasteiger partial charge in [-0.25, -0.2) is 0 Å². The Hall–Kier alpha value is 0.407. The highest BCUT2D eigenvalue weighted by atomic mass is 32.2. The van der Waals surface area contributed by atoms with Crippen molar-refractivity contribution >= 4 is 21.4 Å². The van der Waals surface area contributed by atoms with Gasteiger partial charge in [0.25, 0.3) is 0 Å². The average Bonchev–Trinajstić information content (AvgIpc) is 1.32. The molecule has 0 aliphatic carbocycles. The highest BCUT2D eigenvalue weighted by Gasteiger charge is 2.48. The first-order chi connectivity index (χ1) is 2.71. The Kier molecular flexibility index (Phi) is 0.902. The van der Waals surface area contributed by atoms with E-state index in [1.54, 1.807) is 0 Å². The molecule has 1 fully saturated rings. The smallest absolute Gasteiger partial charge is 0.366 e. The molecule has 2 N–H and O–H groups in total. The van der Waals surface area contributed by atoms with E-state index in [-0.39, 0.29) is 0 Å². The van der Waals surface area contributed by atoms with E-state index in [0.29, 0.717) is 12.3 Å². The van der Waals surface area contributed by atoms with Crippen molar-refractivity contribution in [2.24, 2.45) is 0 Å². The normalized spacial score (nSPS) is 29.0. The molecule has 0 spiro atoms. The third-order valence-electron chi connectivity index (χ3n) is 0.285. The molecule has 1 aliphatic heterocycles. The Morgan fingerprint density at radius 2 is 1.67 bits per heavy atom. The summed E-state index contributed by atoms with van der Waals surface area (Å²) >= 11 is 0.606. The van der Waals surface area contributed by atoms with E-state index < -0.39 is 9.05 Å². The van der Waals surface area contributed by atoms with Crippen molar-refractivity contribution in [3.63, 3.8) is 0 Å². The van der Waals surface area contributed by atoms with E-state index in [1.807, 2.05) is 0 Å². The first-order valence-corrected chi connectivity index (χ1v) is 3.57. The van der Waals surface area contributed by atoms with Crippen LogP contribution in [0, 0.1) is 0 Å². The van der Waals surface area contributed by atoms with Gasteiger partial charge in [0.05, 0.1) is 0 Å². The van der Waals surface area contributed by atoms with Crippen molar-refractivity contribution in [1.29, 1.82) is 0 Å². The number of rotatable bonds is 0. The third kappa shape index (κ3) is 0.724. The van der Waals surface area contributed by atoms with E-state index in [9.17, 15) is 0 Å². The zero-order chi connectivity index (χ0) is 4.62. The molecule has 6 heteroatoms. The topological polar surface area (TPSA) is 58.9 Å². The maximum Gasteiger partial charge on any atom is 0.700 e. The van der Waals surface area contributed by atoms with Crippen LogP contribution in [0.2, 0.25) is 0 Å². The molecule has 0 aromatic heterocycles. The fourth-order valence-corrected chi connectivity index (χ4v) is 0.854. The molecule has 1 heterocycles. The van der Waals surface area contributed by atoms with Crippen molar-refractivity contribution in [2.75, 3.05) is 0 Å². The van der Waals surface area contributed by atoms with Crippen LogP contribution in [0.5, 0.6) is 0 Å². The summed E-state index contributed by atoms with van der Waals surface area (Å²) in [5, 5.41) is 0. The van der Waals surface area contributed by atoms with Gasteiger partial charge in [-0.15, -0.1) is 0 Å². The minimum absolute atomic E-state index is 0.606. The molecule has 1 saturated heterocycles. The van der Waals surface area contributed by atoms with Gasteiger partial charge in [0.1, 0.15) is 12.3 Å². The predicted octanol–water partition coefficient (Wildman–Crippen LogP) is -0.983. The van der Waals surface area contributed by atoms with Crippen LogP contribution in [0.1, 0.15) is 0 Å². The summed E-state index contributed by atoms with van der Waals surface area (Å²) in [5.41, 5.74) is 0. The summed E-state index contributed by atoms with van der Waals surface area (Å²) in [6.45, 7) is 0. The lowest BCUT2D eigenvalue weighted by atomic mass is 15.6. The van der Waals surface area contributed by atoms with Gasteiger partial charge in [-0.3, -0.25) is 7.74 Å². The molecule has 1 rings (SSSR count). The van der Waals surface area contributed by atoms with Gasteiger partial charge >= 0.3 is 9.05 Å². The average molecular weight is 126 g/mol. The van der Waals surface area contributed by atoms with Gasteiger partial charge in [0.15, 0.2) is 0 Å². The lowest BCUT2D eigenvalue weighted by Gasteiger charge is -2.21. The van der Waals surface area contributed by atoms with Crippen LogP contribution in [0.25, 0.3) is 0 Å². The Labute approximate surface area is 39.6 Å². The molecule has 0 bridgehead atoms. The van der Waals surface area contributed by atoms with Crippen LogP contribution < -0.4 is 0 Å². The van der Waals surface area contributed by atoms with Crippen LogP contribution in [0.4, 0.5) is 0 Å². The molecule has 4 nitrogen and oxygen atoms in total. The molecule has 0 aromatic carbocycles. The number of hydrogen-bond donors (Lipinski definition) is 2. The van der Waals surface area contributed by atoms with Crippen LogP contribution in [0.3, 0.4) is 0 Å². The zero-order valence-electron chi connectivity index (χ0n) is 2.62. The van der Waals surface area contributed by atoms with Gasteiger partial charge in [-0.1, -0.05) is 0 Å². The van der Waals surface area contributed by atoms with Gasteiger partial charge < -0.3 is 9.59 Å². The zero-order valence-corrected chi connectivity index (χ0v) is 4.44. The van der Waals surface area contributed by atoms with Crippen molar-refractivity contribution < 1.29 is 17.3 Å². The van der Waals surface area contributed by atoms with Crippen molar-refractivity contribution in [2.45, 2.75) is 0 Å². The third-order valence-corrected chi connectivity index (χ3v) is 2.57. The Bertz CT molecular complexity index is 54.6. The van der Waals surface area contributed by atoms with E-state index in [2.05, 4.69) is 7.74 Å². The first-order valence-electron chi connectivity index (χ1n) is 1.19. The molecule has 0 saturated carbocycles. The van der Waals surface area contributed by atoms with Gasteiger partial charge in [-0.2, -0.15) is 0 Å². The minimum atomic E-state index is -3.49. The molecule has 6 heavy (non-hydrogen) atoms. The summed E-state index contributed by atoms with van der Waals surface area (Å²) in [6, 6.07) is 0. The molecule has 36 valence electrons. The fourth-order valence-electron chi connectivity index (χ4n) is 0.0949. The quantitative estimate of drug-likeness (QED) is 0.322. The van der Waals surface area contributed by atoms with Crippen LogP contribution >= 0.6 is 12.3 Å². The van der Waals surface area contributed by atoms with E-state index >= 15 is 0 Å². The van der Waals surface area contributed by atoms with Crippen molar-refractivity contribution in [1.82, 2.24) is 0 Å². The molecule has 0 radical (unpaired) electrons. The summed E-state index contributed by atoms with van der Waals surface area (Å²) in [7, 11) is -3.49. The SMILES string of the molecule is O[Si]1(O)OSO1. The lowest BCUT2D eigenvalue weighted by Crippen LogP contribution is -2.45. The maximum atomic E-state index is 8.14. The molecule has 0 amide bonds. The number of hydrogen-bond acceptors (Lipinski definition) is 5. The largest absolute Gasteiger partial charge is 0.700 e. The first kappa shape index (κ1) is 4.56. The second-order valence-corrected chi connectivity index (χ2v) is 3.35. The second kappa shape index (κ2) is 1.19. The fraction of sp³-hybridized carbons (Fsp3) is 0. The minimum Gasteiger partial charge on any atom is -0.366 e. The molecule has 0 aromatic rings.